The van der Waals surface area contributed by atoms with E-state index >= 15 is 0 Å². The zero-order valence-corrected chi connectivity index (χ0v) is 20.5. The van der Waals surface area contributed by atoms with Gasteiger partial charge < -0.3 is 15.0 Å². The van der Waals surface area contributed by atoms with Crippen molar-refractivity contribution >= 4 is 28.1 Å². The van der Waals surface area contributed by atoms with Crippen LogP contribution in [0.3, 0.4) is 0 Å². The summed E-state index contributed by atoms with van der Waals surface area (Å²) in [6, 6.07) is 5.20. The maximum Gasteiger partial charge on any atom is 0.257 e. The molecule has 4 aromatic rings. The average Bonchev–Trinajstić information content (AvgIpc) is 3.26. The molecule has 1 amide bonds. The van der Waals surface area contributed by atoms with Gasteiger partial charge in [0.25, 0.3) is 5.91 Å². The summed E-state index contributed by atoms with van der Waals surface area (Å²) in [6.45, 7) is 10.7. The van der Waals surface area contributed by atoms with Crippen molar-refractivity contribution in [2.45, 2.75) is 64.5 Å². The smallest absolute Gasteiger partial charge is 0.257 e. The first-order chi connectivity index (χ1) is 15.9. The average molecular weight is 463 g/mol. The van der Waals surface area contributed by atoms with Gasteiger partial charge in [-0.25, -0.2) is 9.37 Å². The molecule has 178 valence electrons. The van der Waals surface area contributed by atoms with Gasteiger partial charge in [0.2, 0.25) is 0 Å². The largest absolute Gasteiger partial charge is 0.320 e. The van der Waals surface area contributed by atoms with Crippen LogP contribution in [0.15, 0.2) is 36.8 Å². The molecule has 0 radical (unpaired) electrons. The second-order valence-corrected chi connectivity index (χ2v) is 10.9. The molecule has 5 rings (SSSR count). The highest BCUT2D eigenvalue weighted by Gasteiger charge is 2.39. The number of pyridine rings is 1. The SMILES string of the molecule is Cc1cn2cc(NC(=O)c3ccc(C4CC(C)(C)NC(C)(C)C4)c4cn(C)nc34)cc(F)c2n1. The van der Waals surface area contributed by atoms with Crippen molar-refractivity contribution in [3.05, 3.63) is 59.4 Å². The predicted octanol–water partition coefficient (Wildman–Crippen LogP) is 4.95. The zero-order valence-electron chi connectivity index (χ0n) is 20.5. The van der Waals surface area contributed by atoms with Gasteiger partial charge in [0.05, 0.1) is 16.9 Å². The second kappa shape index (κ2) is 7.63. The van der Waals surface area contributed by atoms with Crippen LogP contribution in [-0.2, 0) is 7.05 Å². The van der Waals surface area contributed by atoms with Crippen LogP contribution in [0.1, 0.15) is 68.1 Å². The lowest BCUT2D eigenvalue weighted by Crippen LogP contribution is -2.57. The Hall–Kier alpha value is -3.26. The van der Waals surface area contributed by atoms with Gasteiger partial charge in [-0.3, -0.25) is 9.48 Å². The maximum atomic E-state index is 14.5. The van der Waals surface area contributed by atoms with E-state index in [4.69, 9.17) is 0 Å². The molecular formula is C26H31FN6O. The van der Waals surface area contributed by atoms with Gasteiger partial charge in [-0.15, -0.1) is 0 Å². The standard InChI is InChI=1S/C26H31FN6O/c1-15-12-33-13-17(9-21(27)23(33)28-15)29-24(34)19-8-7-18(20-14-32(6)30-22(19)20)16-10-25(2,3)31-26(4,5)11-16/h7-9,12-14,16,31H,10-11H2,1-6H3,(H,29,34). The second-order valence-electron chi connectivity index (χ2n) is 10.9. The lowest BCUT2D eigenvalue weighted by molar-refractivity contribution is 0.102. The zero-order chi connectivity index (χ0) is 24.4. The Balaban J connectivity index is 1.51. The van der Waals surface area contributed by atoms with Crippen molar-refractivity contribution in [2.24, 2.45) is 7.05 Å². The summed E-state index contributed by atoms with van der Waals surface area (Å²) in [4.78, 5) is 17.4. The van der Waals surface area contributed by atoms with E-state index in [0.717, 1.165) is 18.2 Å². The number of fused-ring (bicyclic) bond motifs is 2. The third kappa shape index (κ3) is 4.07. The first kappa shape index (κ1) is 22.5. The quantitative estimate of drug-likeness (QED) is 0.452. The van der Waals surface area contributed by atoms with E-state index in [2.05, 4.69) is 54.5 Å². The van der Waals surface area contributed by atoms with E-state index < -0.39 is 5.82 Å². The number of carbonyl (C=O) groups is 1. The summed E-state index contributed by atoms with van der Waals surface area (Å²) in [5.41, 5.74) is 3.65. The summed E-state index contributed by atoms with van der Waals surface area (Å²) in [7, 11) is 1.87. The van der Waals surface area contributed by atoms with Gasteiger partial charge in [0.15, 0.2) is 11.5 Å². The Kier molecular flexibility index (Phi) is 5.06. The number of aryl methyl sites for hydroxylation is 2. The highest BCUT2D eigenvalue weighted by atomic mass is 19.1. The summed E-state index contributed by atoms with van der Waals surface area (Å²) in [6.07, 6.45) is 7.37. The molecule has 3 aromatic heterocycles. The summed E-state index contributed by atoms with van der Waals surface area (Å²) >= 11 is 0. The molecule has 2 N–H and O–H groups in total. The van der Waals surface area contributed by atoms with Crippen LogP contribution in [0.25, 0.3) is 16.6 Å². The minimum Gasteiger partial charge on any atom is -0.320 e. The van der Waals surface area contributed by atoms with Crippen LogP contribution in [-0.4, -0.2) is 36.2 Å². The summed E-state index contributed by atoms with van der Waals surface area (Å²) in [5, 5.41) is 12.2. The van der Waals surface area contributed by atoms with E-state index in [1.165, 1.54) is 11.6 Å². The van der Waals surface area contributed by atoms with Gasteiger partial charge in [-0.05, 0) is 65.0 Å². The molecule has 1 saturated heterocycles. The number of rotatable bonds is 3. The molecule has 1 aliphatic rings. The van der Waals surface area contributed by atoms with Crippen LogP contribution in [0.5, 0.6) is 0 Å². The number of aromatic nitrogens is 4. The fraction of sp³-hybridized carbons (Fsp3) is 0.423. The lowest BCUT2D eigenvalue weighted by atomic mass is 9.72. The number of halogens is 1. The van der Waals surface area contributed by atoms with E-state index in [1.807, 2.05) is 19.3 Å². The Morgan fingerprint density at radius 1 is 1.15 bits per heavy atom. The number of hydrogen-bond acceptors (Lipinski definition) is 4. The van der Waals surface area contributed by atoms with Crippen LogP contribution < -0.4 is 10.6 Å². The highest BCUT2D eigenvalue weighted by molar-refractivity contribution is 6.12. The molecule has 34 heavy (non-hydrogen) atoms. The van der Waals surface area contributed by atoms with Gasteiger partial charge >= 0.3 is 0 Å². The van der Waals surface area contributed by atoms with Crippen molar-refractivity contribution in [1.82, 2.24) is 24.5 Å². The highest BCUT2D eigenvalue weighted by Crippen LogP contribution is 2.41. The maximum absolute atomic E-state index is 14.5. The Morgan fingerprint density at radius 2 is 1.85 bits per heavy atom. The molecule has 0 unspecified atom stereocenters. The predicted molar refractivity (Wildman–Crippen MR) is 132 cm³/mol. The summed E-state index contributed by atoms with van der Waals surface area (Å²) < 4.78 is 17.8. The summed E-state index contributed by atoms with van der Waals surface area (Å²) in [5.74, 6) is -0.465. The van der Waals surface area contributed by atoms with Gasteiger partial charge in [-0.2, -0.15) is 5.10 Å². The number of hydrogen-bond donors (Lipinski definition) is 2. The van der Waals surface area contributed by atoms with Crippen LogP contribution in [0.2, 0.25) is 0 Å². The van der Waals surface area contributed by atoms with Crippen LogP contribution in [0.4, 0.5) is 10.1 Å². The van der Waals surface area contributed by atoms with Gasteiger partial charge in [0, 0.05) is 48.2 Å². The molecule has 7 nitrogen and oxygen atoms in total. The van der Waals surface area contributed by atoms with Crippen LogP contribution >= 0.6 is 0 Å². The van der Waals surface area contributed by atoms with E-state index in [1.54, 1.807) is 28.4 Å². The molecule has 1 fully saturated rings. The number of carbonyl (C=O) groups excluding carboxylic acids is 1. The fourth-order valence-corrected chi connectivity index (χ4v) is 5.77. The molecule has 0 saturated carbocycles. The van der Waals surface area contributed by atoms with Crippen molar-refractivity contribution in [3.63, 3.8) is 0 Å². The molecule has 0 spiro atoms. The number of benzene rings is 1. The molecule has 8 heteroatoms. The van der Waals surface area contributed by atoms with Crippen LogP contribution in [0, 0.1) is 12.7 Å². The first-order valence-electron chi connectivity index (χ1n) is 11.6. The number of nitrogens with zero attached hydrogens (tertiary/aromatic N) is 4. The molecule has 0 bridgehead atoms. The van der Waals surface area contributed by atoms with E-state index in [-0.39, 0.29) is 22.6 Å². The van der Waals surface area contributed by atoms with Crippen molar-refractivity contribution in [1.29, 1.82) is 0 Å². The third-order valence-electron chi connectivity index (χ3n) is 6.58. The minimum absolute atomic E-state index is 0.00535. The van der Waals surface area contributed by atoms with E-state index in [9.17, 15) is 9.18 Å². The molecule has 1 aliphatic heterocycles. The third-order valence-corrected chi connectivity index (χ3v) is 6.58. The molecule has 1 aromatic carbocycles. The van der Waals surface area contributed by atoms with Gasteiger partial charge in [-0.1, -0.05) is 6.07 Å². The number of anilines is 1. The Morgan fingerprint density at radius 3 is 2.56 bits per heavy atom. The molecular weight excluding hydrogens is 431 g/mol. The van der Waals surface area contributed by atoms with E-state index in [0.29, 0.717) is 28.4 Å². The Labute approximate surface area is 198 Å². The number of piperidine rings is 1. The molecule has 0 atom stereocenters. The Bertz CT molecular complexity index is 1410. The van der Waals surface area contributed by atoms with Crippen molar-refractivity contribution in [3.8, 4) is 0 Å². The normalized spacial score (nSPS) is 18.0. The number of amides is 1. The monoisotopic (exact) mass is 462 g/mol. The lowest BCUT2D eigenvalue weighted by Gasteiger charge is -2.47. The minimum atomic E-state index is -0.486. The molecule has 4 heterocycles. The molecule has 0 aliphatic carbocycles. The van der Waals surface area contributed by atoms with Crippen molar-refractivity contribution < 1.29 is 9.18 Å². The fourth-order valence-electron chi connectivity index (χ4n) is 5.77. The number of imidazole rings is 1. The van der Waals surface area contributed by atoms with Crippen molar-refractivity contribution in [2.75, 3.05) is 5.32 Å². The topological polar surface area (TPSA) is 76.2 Å². The number of nitrogens with one attached hydrogen (secondary N) is 2. The first-order valence-corrected chi connectivity index (χ1v) is 11.6. The van der Waals surface area contributed by atoms with Gasteiger partial charge in [0.1, 0.15) is 5.52 Å².